The van der Waals surface area contributed by atoms with Gasteiger partial charge in [-0.1, -0.05) is 163 Å². The van der Waals surface area contributed by atoms with Gasteiger partial charge in [0.2, 0.25) is 0 Å². The number of benzene rings is 7. The highest BCUT2D eigenvalue weighted by Crippen LogP contribution is 2.39. The van der Waals surface area contributed by atoms with E-state index in [2.05, 4.69) is 97.1 Å². The quantitative estimate of drug-likeness (QED) is 0.154. The third-order valence-electron chi connectivity index (χ3n) is 9.68. The first-order valence-electron chi connectivity index (χ1n) is 18.3. The highest BCUT2D eigenvalue weighted by molar-refractivity contribution is 7.99. The SMILES string of the molecule is c1ccc(Sc2cnc(-c3ccc(-c4ccc5sc6cc(-c7nc(-c8ccccc8)nc(-c8ccccc8)n7)ccc6c5c4)cc3)nc2-c2ccccc2)cc1. The molecule has 0 radical (unpaired) electrons. The molecule has 264 valence electrons. The Bertz CT molecular complexity index is 2910. The number of hydrogen-bond donors (Lipinski definition) is 0. The summed E-state index contributed by atoms with van der Waals surface area (Å²) in [7, 11) is 0. The first-order valence-corrected chi connectivity index (χ1v) is 19.9. The van der Waals surface area contributed by atoms with E-state index in [0.717, 1.165) is 54.4 Å². The lowest BCUT2D eigenvalue weighted by atomic mass is 10.0. The zero-order chi connectivity index (χ0) is 37.3. The molecule has 0 N–H and O–H groups in total. The van der Waals surface area contributed by atoms with Gasteiger partial charge in [0.05, 0.1) is 10.6 Å². The van der Waals surface area contributed by atoms with E-state index in [1.807, 2.05) is 91.1 Å². The predicted octanol–water partition coefficient (Wildman–Crippen LogP) is 13.2. The van der Waals surface area contributed by atoms with Crippen LogP contribution in [-0.4, -0.2) is 24.9 Å². The van der Waals surface area contributed by atoms with Crippen LogP contribution in [0.3, 0.4) is 0 Å². The van der Waals surface area contributed by atoms with Gasteiger partial charge in [-0.05, 0) is 41.5 Å². The summed E-state index contributed by atoms with van der Waals surface area (Å²) < 4.78 is 2.42. The van der Waals surface area contributed by atoms with Gasteiger partial charge >= 0.3 is 0 Å². The number of fused-ring (bicyclic) bond motifs is 3. The zero-order valence-electron chi connectivity index (χ0n) is 30.0. The fourth-order valence-corrected chi connectivity index (χ4v) is 8.89. The van der Waals surface area contributed by atoms with Gasteiger partial charge in [-0.15, -0.1) is 11.3 Å². The van der Waals surface area contributed by atoms with Gasteiger partial charge in [-0.2, -0.15) is 0 Å². The number of nitrogens with zero attached hydrogens (tertiary/aromatic N) is 5. The van der Waals surface area contributed by atoms with Gasteiger partial charge in [0, 0.05) is 59.1 Å². The molecule has 0 saturated carbocycles. The van der Waals surface area contributed by atoms with E-state index in [-0.39, 0.29) is 0 Å². The van der Waals surface area contributed by atoms with E-state index in [9.17, 15) is 0 Å². The topological polar surface area (TPSA) is 64.5 Å². The van der Waals surface area contributed by atoms with Gasteiger partial charge in [-0.3, -0.25) is 0 Å². The fourth-order valence-electron chi connectivity index (χ4n) is 6.85. The highest BCUT2D eigenvalue weighted by Gasteiger charge is 2.16. The van der Waals surface area contributed by atoms with E-state index in [1.54, 1.807) is 23.1 Å². The van der Waals surface area contributed by atoms with Crippen LogP contribution < -0.4 is 0 Å². The van der Waals surface area contributed by atoms with Gasteiger partial charge in [0.15, 0.2) is 23.3 Å². The molecule has 0 aliphatic rings. The molecule has 0 atom stereocenters. The summed E-state index contributed by atoms with van der Waals surface area (Å²) >= 11 is 3.47. The smallest absolute Gasteiger partial charge is 0.164 e. The molecule has 10 rings (SSSR count). The second kappa shape index (κ2) is 14.8. The van der Waals surface area contributed by atoms with Gasteiger partial charge in [-0.25, -0.2) is 24.9 Å². The minimum atomic E-state index is 0.655. The Balaban J connectivity index is 0.969. The van der Waals surface area contributed by atoms with E-state index in [4.69, 9.17) is 24.9 Å². The van der Waals surface area contributed by atoms with Crippen molar-refractivity contribution in [3.05, 3.63) is 188 Å². The lowest BCUT2D eigenvalue weighted by Gasteiger charge is -2.11. The van der Waals surface area contributed by atoms with Crippen LogP contribution in [0.15, 0.2) is 198 Å². The van der Waals surface area contributed by atoms with Crippen LogP contribution in [0.25, 0.3) is 88.1 Å². The van der Waals surface area contributed by atoms with Crippen LogP contribution in [0.2, 0.25) is 0 Å². The molecule has 7 heteroatoms. The van der Waals surface area contributed by atoms with Crippen molar-refractivity contribution < 1.29 is 0 Å². The Kier molecular flexibility index (Phi) is 8.91. The number of hydrogen-bond acceptors (Lipinski definition) is 7. The number of rotatable bonds is 8. The van der Waals surface area contributed by atoms with Crippen LogP contribution in [0, 0.1) is 0 Å². The molecule has 0 spiro atoms. The largest absolute Gasteiger partial charge is 0.235 e. The standard InChI is InChI=1S/C49H31N5S2/c1-5-13-33(14-6-1)45-44(55-39-19-11-4-12-20-39)31-50-46(51-45)36-23-21-32(22-24-36)37-26-28-42-41(29-37)40-27-25-38(30-43(40)56-42)49-53-47(34-15-7-2-8-16-34)52-48(54-49)35-17-9-3-10-18-35/h1-31H. The molecule has 0 aliphatic carbocycles. The maximum absolute atomic E-state index is 5.11. The summed E-state index contributed by atoms with van der Waals surface area (Å²) in [4.78, 5) is 26.9. The predicted molar refractivity (Wildman–Crippen MR) is 231 cm³/mol. The number of aromatic nitrogens is 5. The molecule has 7 aromatic carbocycles. The van der Waals surface area contributed by atoms with Crippen molar-refractivity contribution in [1.82, 2.24) is 24.9 Å². The van der Waals surface area contributed by atoms with Gasteiger partial charge in [0.25, 0.3) is 0 Å². The maximum Gasteiger partial charge on any atom is 0.164 e. The minimum absolute atomic E-state index is 0.655. The third kappa shape index (κ3) is 6.75. The third-order valence-corrected chi connectivity index (χ3v) is 11.8. The van der Waals surface area contributed by atoms with Crippen molar-refractivity contribution in [2.24, 2.45) is 0 Å². The monoisotopic (exact) mass is 753 g/mol. The summed E-state index contributed by atoms with van der Waals surface area (Å²) in [6.45, 7) is 0. The molecule has 0 unspecified atom stereocenters. The van der Waals surface area contributed by atoms with Crippen LogP contribution in [0.5, 0.6) is 0 Å². The van der Waals surface area contributed by atoms with Gasteiger partial charge < -0.3 is 0 Å². The normalized spacial score (nSPS) is 11.3. The van der Waals surface area contributed by atoms with Gasteiger partial charge in [0.1, 0.15) is 0 Å². The Morgan fingerprint density at radius 2 is 0.875 bits per heavy atom. The van der Waals surface area contributed by atoms with E-state index >= 15 is 0 Å². The molecule has 0 saturated heterocycles. The molecule has 0 amide bonds. The second-order valence-corrected chi connectivity index (χ2v) is 15.5. The summed E-state index contributed by atoms with van der Waals surface area (Å²) in [5, 5.41) is 2.44. The van der Waals surface area contributed by atoms with Crippen LogP contribution in [0.4, 0.5) is 0 Å². The molecule has 0 aliphatic heterocycles. The molecule has 3 heterocycles. The minimum Gasteiger partial charge on any atom is -0.235 e. The summed E-state index contributed by atoms with van der Waals surface area (Å²) in [6.07, 6.45) is 1.95. The molecule has 5 nitrogen and oxygen atoms in total. The summed E-state index contributed by atoms with van der Waals surface area (Å²) in [5.74, 6) is 2.67. The summed E-state index contributed by atoms with van der Waals surface area (Å²) in [5.41, 5.74) is 8.13. The Morgan fingerprint density at radius 1 is 0.357 bits per heavy atom. The molecular formula is C49H31N5S2. The first-order chi connectivity index (χ1) is 27.7. The molecule has 10 aromatic rings. The molecule has 3 aromatic heterocycles. The van der Waals surface area contributed by atoms with E-state index < -0.39 is 0 Å². The Hall–Kier alpha value is -6.80. The van der Waals surface area contributed by atoms with Crippen molar-refractivity contribution in [2.75, 3.05) is 0 Å². The highest BCUT2D eigenvalue weighted by atomic mass is 32.2. The van der Waals surface area contributed by atoms with Crippen molar-refractivity contribution >= 4 is 43.3 Å². The fraction of sp³-hybridized carbons (Fsp3) is 0. The Morgan fingerprint density at radius 3 is 1.52 bits per heavy atom. The second-order valence-electron chi connectivity index (χ2n) is 13.3. The lowest BCUT2D eigenvalue weighted by Crippen LogP contribution is -1.99. The molecule has 0 fully saturated rings. The van der Waals surface area contributed by atoms with Crippen molar-refractivity contribution in [3.63, 3.8) is 0 Å². The van der Waals surface area contributed by atoms with Crippen molar-refractivity contribution in [3.8, 4) is 67.9 Å². The van der Waals surface area contributed by atoms with Crippen molar-refractivity contribution in [1.29, 1.82) is 0 Å². The summed E-state index contributed by atoms with van der Waals surface area (Å²) in [6, 6.07) is 62.7. The Labute approximate surface area is 332 Å². The first kappa shape index (κ1) is 33.7. The molecule has 0 bridgehead atoms. The molecular weight excluding hydrogens is 723 g/mol. The molecule has 56 heavy (non-hydrogen) atoms. The van der Waals surface area contributed by atoms with Crippen LogP contribution in [-0.2, 0) is 0 Å². The zero-order valence-corrected chi connectivity index (χ0v) is 31.6. The average Bonchev–Trinajstić information content (AvgIpc) is 3.65. The van der Waals surface area contributed by atoms with E-state index in [1.165, 1.54) is 20.2 Å². The lowest BCUT2D eigenvalue weighted by molar-refractivity contribution is 1.07. The maximum atomic E-state index is 5.11. The average molecular weight is 754 g/mol. The van der Waals surface area contributed by atoms with Crippen LogP contribution in [0.1, 0.15) is 0 Å². The number of thiophene rings is 1. The van der Waals surface area contributed by atoms with E-state index in [0.29, 0.717) is 23.3 Å². The van der Waals surface area contributed by atoms with Crippen molar-refractivity contribution in [2.45, 2.75) is 9.79 Å². The van der Waals surface area contributed by atoms with Crippen LogP contribution >= 0.6 is 23.1 Å².